The number of rotatable bonds is 8. The molecular weight excluding hydrogens is 340 g/mol. The van der Waals surface area contributed by atoms with Crippen molar-refractivity contribution >= 4 is 29.3 Å². The molecule has 0 bridgehead atoms. The van der Waals surface area contributed by atoms with E-state index < -0.39 is 0 Å². The molecule has 0 saturated heterocycles. The zero-order chi connectivity index (χ0) is 17.9. The number of nitrogens with zero attached hydrogens (tertiary/aromatic N) is 1. The predicted molar refractivity (Wildman–Crippen MR) is 98.2 cm³/mol. The number of hydrogen-bond acceptors (Lipinski definition) is 6. The summed E-state index contributed by atoms with van der Waals surface area (Å²) in [7, 11) is 1.59. The van der Waals surface area contributed by atoms with Crippen LogP contribution in [0.15, 0.2) is 48.7 Å². The minimum absolute atomic E-state index is 0.0493. The second-order valence-electron chi connectivity index (χ2n) is 4.99. The van der Waals surface area contributed by atoms with E-state index in [1.54, 1.807) is 37.6 Å². The average Bonchev–Trinajstić information content (AvgIpc) is 2.66. The second-order valence-corrected chi connectivity index (χ2v) is 5.98. The third-order valence-corrected chi connectivity index (χ3v) is 4.06. The fraction of sp³-hybridized carbons (Fsp3) is 0.235. The Morgan fingerprint density at radius 1 is 1.08 bits per heavy atom. The fourth-order valence-corrected chi connectivity index (χ4v) is 2.58. The Balaban J connectivity index is 1.59. The van der Waals surface area contributed by atoms with Crippen LogP contribution in [0.3, 0.4) is 0 Å². The van der Waals surface area contributed by atoms with Crippen LogP contribution in [0.25, 0.3) is 0 Å². The van der Waals surface area contributed by atoms with Crippen molar-refractivity contribution < 1.29 is 14.3 Å². The average molecular weight is 360 g/mol. The van der Waals surface area contributed by atoms with Gasteiger partial charge in [0.2, 0.25) is 5.91 Å². The maximum atomic E-state index is 11.7. The second kappa shape index (κ2) is 10.2. The number of benzene rings is 1. The molecule has 0 aliphatic carbocycles. The molecule has 132 valence electrons. The molecule has 2 rings (SSSR count). The summed E-state index contributed by atoms with van der Waals surface area (Å²) in [6, 6.07) is 12.8. The number of aromatic nitrogens is 1. The number of carbonyl (C=O) groups excluding carboxylic acids is 2. The molecule has 7 nitrogen and oxygen atoms in total. The van der Waals surface area contributed by atoms with Gasteiger partial charge in [-0.05, 0) is 36.4 Å². The predicted octanol–water partition coefficient (Wildman–Crippen LogP) is 1.58. The molecule has 8 heteroatoms. The van der Waals surface area contributed by atoms with E-state index in [1.165, 1.54) is 11.8 Å². The van der Waals surface area contributed by atoms with Gasteiger partial charge in [-0.25, -0.2) is 0 Å². The molecule has 1 heterocycles. The van der Waals surface area contributed by atoms with Crippen molar-refractivity contribution in [2.24, 2.45) is 0 Å². The van der Waals surface area contributed by atoms with E-state index in [0.717, 1.165) is 17.1 Å². The highest BCUT2D eigenvalue weighted by atomic mass is 32.2. The van der Waals surface area contributed by atoms with Crippen LogP contribution in [0.5, 0.6) is 5.75 Å². The molecule has 0 saturated carbocycles. The number of pyridine rings is 1. The van der Waals surface area contributed by atoms with Crippen LogP contribution in [0, 0.1) is 0 Å². The van der Waals surface area contributed by atoms with E-state index >= 15 is 0 Å². The van der Waals surface area contributed by atoms with Crippen LogP contribution in [-0.4, -0.2) is 36.2 Å². The number of anilines is 1. The number of hydrogen-bond donors (Lipinski definition) is 3. The summed E-state index contributed by atoms with van der Waals surface area (Å²) in [4.78, 5) is 27.6. The molecular formula is C17H20N4O3S. The first kappa shape index (κ1) is 18.6. The zero-order valence-electron chi connectivity index (χ0n) is 13.8. The molecule has 1 aromatic carbocycles. The summed E-state index contributed by atoms with van der Waals surface area (Å²) < 4.78 is 5.06. The number of hydrazine groups is 1. The monoisotopic (exact) mass is 360 g/mol. The number of amides is 2. The molecule has 2 amide bonds. The maximum Gasteiger partial charge on any atom is 0.257 e. The van der Waals surface area contributed by atoms with Gasteiger partial charge >= 0.3 is 0 Å². The lowest BCUT2D eigenvalue weighted by Crippen LogP contribution is -2.44. The zero-order valence-corrected chi connectivity index (χ0v) is 14.6. The smallest absolute Gasteiger partial charge is 0.257 e. The molecule has 0 aliphatic heterocycles. The van der Waals surface area contributed by atoms with E-state index in [1.807, 2.05) is 18.2 Å². The molecule has 0 fully saturated rings. The Labute approximate surface area is 150 Å². The summed E-state index contributed by atoms with van der Waals surface area (Å²) in [5.74, 6) is 1.02. The van der Waals surface area contributed by atoms with E-state index in [0.29, 0.717) is 5.75 Å². The normalized spacial score (nSPS) is 9.96. The molecule has 0 aliphatic rings. The van der Waals surface area contributed by atoms with E-state index in [-0.39, 0.29) is 24.1 Å². The maximum absolute atomic E-state index is 11.7. The molecule has 0 spiro atoms. The lowest BCUT2D eigenvalue weighted by atomic mass is 10.3. The van der Waals surface area contributed by atoms with E-state index in [4.69, 9.17) is 4.74 Å². The summed E-state index contributed by atoms with van der Waals surface area (Å²) in [6.07, 6.45) is 1.71. The molecule has 3 N–H and O–H groups in total. The van der Waals surface area contributed by atoms with Crippen LogP contribution in [0.4, 0.5) is 5.69 Å². The van der Waals surface area contributed by atoms with Gasteiger partial charge in [0.15, 0.2) is 0 Å². The van der Waals surface area contributed by atoms with Crippen molar-refractivity contribution in [1.29, 1.82) is 0 Å². The van der Waals surface area contributed by atoms with Crippen LogP contribution in [0.1, 0.15) is 5.69 Å². The van der Waals surface area contributed by atoms with Crippen LogP contribution < -0.4 is 20.9 Å². The molecule has 2 aromatic rings. The van der Waals surface area contributed by atoms with Crippen molar-refractivity contribution in [2.45, 2.75) is 5.75 Å². The standard InChI is InChI=1S/C17H20N4O3S/c1-24-15-7-5-13(6-8-15)19-10-16(22)20-21-17(23)12-25-11-14-4-2-3-9-18-14/h2-9,19H,10-12H2,1H3,(H,20,22)(H,21,23). The largest absolute Gasteiger partial charge is 0.497 e. The van der Waals surface area contributed by atoms with Crippen molar-refractivity contribution in [2.75, 3.05) is 24.7 Å². The van der Waals surface area contributed by atoms with Gasteiger partial charge in [-0.15, -0.1) is 11.8 Å². The number of ether oxygens (including phenoxy) is 1. The number of nitrogens with one attached hydrogen (secondary N) is 3. The molecule has 0 radical (unpaired) electrons. The van der Waals surface area contributed by atoms with Gasteiger partial charge in [0.25, 0.3) is 5.91 Å². The van der Waals surface area contributed by atoms with E-state index in [9.17, 15) is 9.59 Å². The van der Waals surface area contributed by atoms with Gasteiger partial charge in [0, 0.05) is 17.6 Å². The highest BCUT2D eigenvalue weighted by Crippen LogP contribution is 2.14. The van der Waals surface area contributed by atoms with Crippen molar-refractivity contribution in [3.63, 3.8) is 0 Å². The van der Waals surface area contributed by atoms with Gasteiger partial charge in [-0.3, -0.25) is 25.4 Å². The van der Waals surface area contributed by atoms with Gasteiger partial charge < -0.3 is 10.1 Å². The van der Waals surface area contributed by atoms with Crippen molar-refractivity contribution in [1.82, 2.24) is 15.8 Å². The lowest BCUT2D eigenvalue weighted by molar-refractivity contribution is -0.126. The highest BCUT2D eigenvalue weighted by Gasteiger charge is 2.05. The Bertz CT molecular complexity index is 680. The minimum Gasteiger partial charge on any atom is -0.497 e. The van der Waals surface area contributed by atoms with Crippen LogP contribution >= 0.6 is 11.8 Å². The third kappa shape index (κ3) is 7.13. The summed E-state index contributed by atoms with van der Waals surface area (Å²) >= 11 is 1.43. The number of methoxy groups -OCH3 is 1. The van der Waals surface area contributed by atoms with Gasteiger partial charge in [0.05, 0.1) is 25.1 Å². The SMILES string of the molecule is COc1ccc(NCC(=O)NNC(=O)CSCc2ccccn2)cc1. The molecule has 0 unspecified atom stereocenters. The summed E-state index contributed by atoms with van der Waals surface area (Å²) in [5.41, 5.74) is 6.45. The lowest BCUT2D eigenvalue weighted by Gasteiger charge is -2.09. The minimum atomic E-state index is -0.334. The van der Waals surface area contributed by atoms with E-state index in [2.05, 4.69) is 21.2 Å². The topological polar surface area (TPSA) is 92.4 Å². The molecule has 1 aromatic heterocycles. The fourth-order valence-electron chi connectivity index (χ4n) is 1.84. The Kier molecular flexibility index (Phi) is 7.58. The van der Waals surface area contributed by atoms with Crippen LogP contribution in [-0.2, 0) is 15.3 Å². The summed E-state index contributed by atoms with van der Waals surface area (Å²) in [5, 5.41) is 2.95. The van der Waals surface area contributed by atoms with Gasteiger partial charge in [0.1, 0.15) is 5.75 Å². The van der Waals surface area contributed by atoms with Crippen molar-refractivity contribution in [3.05, 3.63) is 54.4 Å². The first-order valence-electron chi connectivity index (χ1n) is 7.60. The van der Waals surface area contributed by atoms with Crippen molar-refractivity contribution in [3.8, 4) is 5.75 Å². The quantitative estimate of drug-likeness (QED) is 0.619. The highest BCUT2D eigenvalue weighted by molar-refractivity contribution is 7.99. The molecule has 0 atom stereocenters. The Morgan fingerprint density at radius 2 is 1.84 bits per heavy atom. The first-order chi connectivity index (χ1) is 12.2. The van der Waals surface area contributed by atoms with Gasteiger partial charge in [-0.2, -0.15) is 0 Å². The third-order valence-electron chi connectivity index (χ3n) is 3.09. The number of carbonyl (C=O) groups is 2. The Hall–Kier alpha value is -2.74. The summed E-state index contributed by atoms with van der Waals surface area (Å²) in [6.45, 7) is 0.0493. The molecule has 25 heavy (non-hydrogen) atoms. The first-order valence-corrected chi connectivity index (χ1v) is 8.76. The van der Waals surface area contributed by atoms with Gasteiger partial charge in [-0.1, -0.05) is 6.07 Å². The van der Waals surface area contributed by atoms with Crippen LogP contribution in [0.2, 0.25) is 0 Å². The Morgan fingerprint density at radius 3 is 2.52 bits per heavy atom. The number of thioether (sulfide) groups is 1.